The molecule has 1 radical (unpaired) electrons. The smallest absolute Gasteiger partial charge is 0.164 e. The molecule has 1 N–H and O–H groups in total. The maximum atomic E-state index is 5.40. The first-order chi connectivity index (χ1) is 5.47. The van der Waals surface area contributed by atoms with Crippen LogP contribution in [0.3, 0.4) is 0 Å². The molecule has 1 aromatic rings. The monoisotopic (exact) mass is 153 g/mol. The Kier molecular flexibility index (Phi) is 1.83. The van der Waals surface area contributed by atoms with E-state index >= 15 is 0 Å². The Morgan fingerprint density at radius 2 is 2.73 bits per heavy atom. The van der Waals surface area contributed by atoms with E-state index in [0.717, 1.165) is 19.7 Å². The number of ether oxygens (including phenoxy) is 1. The van der Waals surface area contributed by atoms with Gasteiger partial charge in [-0.3, -0.25) is 0 Å². The molecule has 5 nitrogen and oxygen atoms in total. The van der Waals surface area contributed by atoms with Gasteiger partial charge in [-0.2, -0.15) is 0 Å². The van der Waals surface area contributed by atoms with Crippen molar-refractivity contribution in [3.63, 3.8) is 0 Å². The first-order valence-corrected chi connectivity index (χ1v) is 3.57. The van der Waals surface area contributed by atoms with Crippen LogP contribution in [0, 0.1) is 6.20 Å². The third kappa shape index (κ3) is 1.38. The van der Waals surface area contributed by atoms with Crippen molar-refractivity contribution in [1.82, 2.24) is 20.3 Å². The van der Waals surface area contributed by atoms with Crippen molar-refractivity contribution in [2.24, 2.45) is 0 Å². The third-order valence-corrected chi connectivity index (χ3v) is 1.60. The van der Waals surface area contributed by atoms with Gasteiger partial charge in [-0.05, 0) is 0 Å². The summed E-state index contributed by atoms with van der Waals surface area (Å²) in [6.07, 6.45) is 4.29. The lowest BCUT2D eigenvalue weighted by atomic mass is 10.4. The summed E-state index contributed by atoms with van der Waals surface area (Å²) in [4.78, 5) is 0. The summed E-state index contributed by atoms with van der Waals surface area (Å²) in [5.41, 5.74) is 0. The largest absolute Gasteiger partial charge is 0.354 e. The number of aromatic nitrogens is 3. The summed E-state index contributed by atoms with van der Waals surface area (Å²) >= 11 is 0. The van der Waals surface area contributed by atoms with Crippen LogP contribution in [0.2, 0.25) is 0 Å². The van der Waals surface area contributed by atoms with Gasteiger partial charge in [0.2, 0.25) is 0 Å². The Bertz CT molecular complexity index is 204. The lowest BCUT2D eigenvalue weighted by molar-refractivity contribution is -0.0281. The molecular weight excluding hydrogens is 144 g/mol. The molecule has 0 amide bonds. The molecule has 2 heterocycles. The first-order valence-electron chi connectivity index (χ1n) is 3.57. The molecule has 1 aliphatic heterocycles. The minimum atomic E-state index is -0.0116. The number of nitrogens with one attached hydrogen (secondary N) is 1. The van der Waals surface area contributed by atoms with Crippen LogP contribution < -0.4 is 5.32 Å². The van der Waals surface area contributed by atoms with Crippen LogP contribution in [0.1, 0.15) is 6.23 Å². The van der Waals surface area contributed by atoms with Gasteiger partial charge in [0.1, 0.15) is 6.20 Å². The molecule has 1 aliphatic rings. The van der Waals surface area contributed by atoms with Gasteiger partial charge in [-0.1, -0.05) is 5.21 Å². The van der Waals surface area contributed by atoms with E-state index in [2.05, 4.69) is 21.8 Å². The van der Waals surface area contributed by atoms with Gasteiger partial charge in [-0.15, -0.1) is 5.10 Å². The Hall–Kier alpha value is -0.940. The van der Waals surface area contributed by atoms with Crippen molar-refractivity contribution in [3.8, 4) is 0 Å². The van der Waals surface area contributed by atoms with Crippen LogP contribution in [-0.2, 0) is 4.74 Å². The quantitative estimate of drug-likeness (QED) is 0.573. The Morgan fingerprint density at radius 1 is 1.73 bits per heavy atom. The number of morpholine rings is 1. The third-order valence-electron chi connectivity index (χ3n) is 1.60. The molecule has 2 rings (SSSR count). The van der Waals surface area contributed by atoms with Crippen LogP contribution in [0.15, 0.2) is 6.20 Å². The second kappa shape index (κ2) is 2.98. The highest BCUT2D eigenvalue weighted by molar-refractivity contribution is 4.69. The summed E-state index contributed by atoms with van der Waals surface area (Å²) in [7, 11) is 0. The molecule has 1 fully saturated rings. The lowest BCUT2D eigenvalue weighted by Crippen LogP contribution is -2.36. The van der Waals surface area contributed by atoms with E-state index in [1.165, 1.54) is 0 Å². The fraction of sp³-hybridized carbons (Fsp3) is 0.667. The fourth-order valence-corrected chi connectivity index (χ4v) is 1.05. The van der Waals surface area contributed by atoms with Gasteiger partial charge >= 0.3 is 0 Å². The first kappa shape index (κ1) is 6.75. The summed E-state index contributed by atoms with van der Waals surface area (Å²) in [6, 6.07) is 0. The highest BCUT2D eigenvalue weighted by Crippen LogP contribution is 2.06. The van der Waals surface area contributed by atoms with Crippen molar-refractivity contribution in [3.05, 3.63) is 12.4 Å². The zero-order valence-corrected chi connectivity index (χ0v) is 6.03. The van der Waals surface area contributed by atoms with Crippen LogP contribution in [0.25, 0.3) is 0 Å². The Labute approximate surface area is 64.3 Å². The zero-order valence-electron chi connectivity index (χ0n) is 6.03. The van der Waals surface area contributed by atoms with Crippen LogP contribution >= 0.6 is 0 Å². The van der Waals surface area contributed by atoms with Crippen LogP contribution in [-0.4, -0.2) is 34.7 Å². The number of nitrogens with zero attached hydrogens (tertiary/aromatic N) is 3. The van der Waals surface area contributed by atoms with Crippen LogP contribution in [0.4, 0.5) is 0 Å². The maximum Gasteiger partial charge on any atom is 0.164 e. The summed E-state index contributed by atoms with van der Waals surface area (Å²) in [6.45, 7) is 2.43. The van der Waals surface area contributed by atoms with Crippen molar-refractivity contribution >= 4 is 0 Å². The van der Waals surface area contributed by atoms with Gasteiger partial charge in [0.05, 0.1) is 12.8 Å². The predicted octanol–water partition coefficient (Wildman–Crippen LogP) is -0.803. The molecule has 1 saturated heterocycles. The molecular formula is C6H9N4O. The Morgan fingerprint density at radius 3 is 3.36 bits per heavy atom. The number of rotatable bonds is 1. The molecule has 1 aromatic heterocycles. The number of hydrogen-bond acceptors (Lipinski definition) is 4. The van der Waals surface area contributed by atoms with E-state index in [4.69, 9.17) is 4.74 Å². The highest BCUT2D eigenvalue weighted by atomic mass is 16.5. The molecule has 11 heavy (non-hydrogen) atoms. The van der Waals surface area contributed by atoms with E-state index in [-0.39, 0.29) is 6.23 Å². The van der Waals surface area contributed by atoms with Gasteiger partial charge < -0.3 is 10.1 Å². The molecule has 1 atom stereocenters. The van der Waals surface area contributed by atoms with E-state index < -0.39 is 0 Å². The zero-order chi connectivity index (χ0) is 7.52. The molecule has 1 unspecified atom stereocenters. The molecule has 0 aliphatic carbocycles. The van der Waals surface area contributed by atoms with E-state index in [0.29, 0.717) is 0 Å². The molecule has 0 bridgehead atoms. The molecule has 0 aromatic carbocycles. The second-order valence-electron chi connectivity index (χ2n) is 2.36. The predicted molar refractivity (Wildman–Crippen MR) is 36.7 cm³/mol. The summed E-state index contributed by atoms with van der Waals surface area (Å²) < 4.78 is 7.06. The van der Waals surface area contributed by atoms with Crippen LogP contribution in [0.5, 0.6) is 0 Å². The van der Waals surface area contributed by atoms with Crippen molar-refractivity contribution in [1.29, 1.82) is 0 Å². The lowest BCUT2D eigenvalue weighted by Gasteiger charge is -2.22. The van der Waals surface area contributed by atoms with Gasteiger partial charge in [0, 0.05) is 13.1 Å². The molecule has 0 spiro atoms. The van der Waals surface area contributed by atoms with Gasteiger partial charge in [0.25, 0.3) is 0 Å². The Balaban J connectivity index is 2.04. The van der Waals surface area contributed by atoms with E-state index in [1.807, 2.05) is 0 Å². The molecule has 5 heteroatoms. The second-order valence-corrected chi connectivity index (χ2v) is 2.36. The van der Waals surface area contributed by atoms with Gasteiger partial charge in [0.15, 0.2) is 6.23 Å². The molecule has 59 valence electrons. The minimum Gasteiger partial charge on any atom is -0.354 e. The van der Waals surface area contributed by atoms with E-state index in [9.17, 15) is 0 Å². The SMILES string of the molecule is [c]1cn(C2CNCCO2)nn1. The molecule has 0 saturated carbocycles. The maximum absolute atomic E-state index is 5.40. The average molecular weight is 153 g/mol. The van der Waals surface area contributed by atoms with Crippen molar-refractivity contribution in [2.45, 2.75) is 6.23 Å². The standard InChI is InChI=1S/C6H9N4O/c1-3-10(9-8-1)6-5-7-2-4-11-6/h3,6-7H,2,4-5H2. The minimum absolute atomic E-state index is 0.0116. The average Bonchev–Trinajstić information content (AvgIpc) is 2.58. The summed E-state index contributed by atoms with van der Waals surface area (Å²) in [5.74, 6) is 0. The normalized spacial score (nSPS) is 25.3. The number of hydrogen-bond donors (Lipinski definition) is 1. The van der Waals surface area contributed by atoms with Gasteiger partial charge in [-0.25, -0.2) is 4.68 Å². The highest BCUT2D eigenvalue weighted by Gasteiger charge is 2.14. The fourth-order valence-electron chi connectivity index (χ4n) is 1.05. The summed E-state index contributed by atoms with van der Waals surface area (Å²) in [5, 5.41) is 10.6. The van der Waals surface area contributed by atoms with Crippen molar-refractivity contribution in [2.75, 3.05) is 19.7 Å². The van der Waals surface area contributed by atoms with E-state index in [1.54, 1.807) is 10.9 Å². The van der Waals surface area contributed by atoms with Crippen molar-refractivity contribution < 1.29 is 4.74 Å². The topological polar surface area (TPSA) is 52.0 Å².